The maximum atomic E-state index is 12.4. The highest BCUT2D eigenvalue weighted by atomic mass is 16.4. The van der Waals surface area contributed by atoms with Gasteiger partial charge in [0.2, 0.25) is 5.91 Å². The van der Waals surface area contributed by atoms with Gasteiger partial charge in [0.1, 0.15) is 0 Å². The smallest absolute Gasteiger partial charge is 0.306 e. The van der Waals surface area contributed by atoms with E-state index in [9.17, 15) is 9.59 Å². The number of nitrogens with one attached hydrogen (secondary N) is 1. The lowest BCUT2D eigenvalue weighted by molar-refractivity contribution is -0.143. The molecule has 6 nitrogen and oxygen atoms in total. The van der Waals surface area contributed by atoms with E-state index in [4.69, 9.17) is 10.8 Å². The number of nitrogen functional groups attached to an aromatic ring is 1. The molecule has 4 N–H and O–H groups in total. The number of anilines is 2. The van der Waals surface area contributed by atoms with Crippen LogP contribution in [-0.4, -0.2) is 41.0 Å². The second kappa shape index (κ2) is 7.46. The van der Waals surface area contributed by atoms with E-state index in [-0.39, 0.29) is 17.9 Å². The predicted octanol–water partition coefficient (Wildman–Crippen LogP) is 1.95. The third-order valence-corrected chi connectivity index (χ3v) is 4.60. The number of carbonyl (C=O) groups excluding carboxylic acids is 1. The van der Waals surface area contributed by atoms with Crippen molar-refractivity contribution in [2.75, 3.05) is 24.1 Å². The molecule has 1 atom stereocenters. The van der Waals surface area contributed by atoms with Crippen LogP contribution in [-0.2, 0) is 16.0 Å². The fourth-order valence-electron chi connectivity index (χ4n) is 2.94. The summed E-state index contributed by atoms with van der Waals surface area (Å²) >= 11 is 0. The summed E-state index contributed by atoms with van der Waals surface area (Å²) in [7, 11) is 0. The Kier molecular flexibility index (Phi) is 5.60. The summed E-state index contributed by atoms with van der Waals surface area (Å²) in [6.07, 6.45) is 2.03. The van der Waals surface area contributed by atoms with Crippen LogP contribution in [0.1, 0.15) is 32.3 Å². The number of aryl methyl sites for hydroxylation is 1. The fourth-order valence-corrected chi connectivity index (χ4v) is 2.94. The van der Waals surface area contributed by atoms with Gasteiger partial charge in [-0.15, -0.1) is 0 Å². The van der Waals surface area contributed by atoms with Crippen LogP contribution in [0.25, 0.3) is 0 Å². The molecule has 1 heterocycles. The quantitative estimate of drug-likeness (QED) is 0.721. The zero-order chi connectivity index (χ0) is 17.0. The second-order valence-electron chi connectivity index (χ2n) is 6.08. The van der Waals surface area contributed by atoms with Gasteiger partial charge >= 0.3 is 5.97 Å². The second-order valence-corrected chi connectivity index (χ2v) is 6.08. The van der Waals surface area contributed by atoms with E-state index in [1.54, 1.807) is 6.07 Å². The number of piperidine rings is 1. The van der Waals surface area contributed by atoms with E-state index in [2.05, 4.69) is 5.32 Å². The van der Waals surface area contributed by atoms with Gasteiger partial charge in [0, 0.05) is 11.4 Å². The monoisotopic (exact) mass is 319 g/mol. The number of carboxylic acid groups (broad SMARTS) is 1. The number of carbonyl (C=O) groups is 2. The molecule has 1 aromatic rings. The van der Waals surface area contributed by atoms with Crippen LogP contribution >= 0.6 is 0 Å². The first kappa shape index (κ1) is 17.3. The number of nitrogens with zero attached hydrogens (tertiary/aromatic N) is 1. The lowest BCUT2D eigenvalue weighted by Crippen LogP contribution is -2.46. The zero-order valence-electron chi connectivity index (χ0n) is 13.7. The number of likely N-dealkylation sites (tertiary alicyclic amines) is 1. The predicted molar refractivity (Wildman–Crippen MR) is 90.3 cm³/mol. The Hall–Kier alpha value is -2.08. The molecule has 0 saturated carbocycles. The molecule has 1 aliphatic rings. The van der Waals surface area contributed by atoms with Gasteiger partial charge in [-0.3, -0.25) is 14.5 Å². The van der Waals surface area contributed by atoms with Gasteiger partial charge in [-0.25, -0.2) is 0 Å². The Morgan fingerprint density at radius 2 is 2.04 bits per heavy atom. The van der Waals surface area contributed by atoms with Crippen LogP contribution < -0.4 is 11.1 Å². The topological polar surface area (TPSA) is 95.7 Å². The Labute approximate surface area is 136 Å². The minimum absolute atomic E-state index is 0.0950. The first-order valence-electron chi connectivity index (χ1n) is 8.08. The number of nitrogens with two attached hydrogens (primary N) is 1. The minimum Gasteiger partial charge on any atom is -0.481 e. The van der Waals surface area contributed by atoms with Crippen LogP contribution in [0.4, 0.5) is 11.4 Å². The SMILES string of the molecule is CCc1ccc(NC(=O)C(C)N2CCC(C(=O)O)CC2)cc1N. The molecular formula is C17H25N3O3. The molecule has 0 bridgehead atoms. The molecule has 1 fully saturated rings. The molecule has 1 aliphatic heterocycles. The summed E-state index contributed by atoms with van der Waals surface area (Å²) in [6, 6.07) is 5.27. The molecule has 0 aliphatic carbocycles. The lowest BCUT2D eigenvalue weighted by atomic mass is 9.96. The van der Waals surface area contributed by atoms with Gasteiger partial charge in [0.05, 0.1) is 12.0 Å². The summed E-state index contributed by atoms with van der Waals surface area (Å²) < 4.78 is 0. The number of rotatable bonds is 5. The third kappa shape index (κ3) is 4.22. The van der Waals surface area contributed by atoms with E-state index < -0.39 is 5.97 Å². The standard InChI is InChI=1S/C17H25N3O3/c1-3-12-4-5-14(10-15(12)18)19-16(21)11(2)20-8-6-13(7-9-20)17(22)23/h4-5,10-11,13H,3,6-9,18H2,1-2H3,(H,19,21)(H,22,23). The average molecular weight is 319 g/mol. The minimum atomic E-state index is -0.742. The third-order valence-electron chi connectivity index (χ3n) is 4.60. The highest BCUT2D eigenvalue weighted by Gasteiger charge is 2.29. The van der Waals surface area contributed by atoms with Gasteiger partial charge < -0.3 is 16.2 Å². The number of benzene rings is 1. The summed E-state index contributed by atoms with van der Waals surface area (Å²) in [6.45, 7) is 5.14. The van der Waals surface area contributed by atoms with Crippen LogP contribution in [0.3, 0.4) is 0 Å². The van der Waals surface area contributed by atoms with Crippen LogP contribution in [0.2, 0.25) is 0 Å². The molecule has 0 aromatic heterocycles. The highest BCUT2D eigenvalue weighted by Crippen LogP contribution is 2.21. The molecule has 6 heteroatoms. The first-order valence-corrected chi connectivity index (χ1v) is 8.08. The van der Waals surface area contributed by atoms with E-state index in [1.165, 1.54) is 0 Å². The van der Waals surface area contributed by atoms with E-state index in [1.807, 2.05) is 30.9 Å². The van der Waals surface area contributed by atoms with Crippen molar-refractivity contribution in [2.24, 2.45) is 5.92 Å². The number of carboxylic acids is 1. The van der Waals surface area contributed by atoms with Gasteiger partial charge in [0.15, 0.2) is 0 Å². The van der Waals surface area contributed by atoms with Crippen molar-refractivity contribution in [2.45, 2.75) is 39.2 Å². The lowest BCUT2D eigenvalue weighted by Gasteiger charge is -2.33. The Morgan fingerprint density at radius 3 is 2.57 bits per heavy atom. The normalized spacial score (nSPS) is 17.7. The van der Waals surface area contributed by atoms with Crippen molar-refractivity contribution < 1.29 is 14.7 Å². The molecule has 0 radical (unpaired) electrons. The summed E-state index contributed by atoms with van der Waals surface area (Å²) in [5.74, 6) is -1.13. The van der Waals surface area contributed by atoms with Gasteiger partial charge in [-0.1, -0.05) is 13.0 Å². The Morgan fingerprint density at radius 1 is 1.39 bits per heavy atom. The van der Waals surface area contributed by atoms with Crippen LogP contribution in [0.15, 0.2) is 18.2 Å². The molecule has 1 unspecified atom stereocenters. The molecule has 23 heavy (non-hydrogen) atoms. The first-order chi connectivity index (χ1) is 10.9. The largest absolute Gasteiger partial charge is 0.481 e. The van der Waals surface area contributed by atoms with Gasteiger partial charge in [-0.05, 0) is 57.0 Å². The van der Waals surface area contributed by atoms with Crippen molar-refractivity contribution in [3.63, 3.8) is 0 Å². The summed E-state index contributed by atoms with van der Waals surface area (Å²) in [5.41, 5.74) is 8.39. The van der Waals surface area contributed by atoms with Crippen molar-refractivity contribution in [3.8, 4) is 0 Å². The Bertz CT molecular complexity index is 580. The van der Waals surface area contributed by atoms with Crippen molar-refractivity contribution in [1.82, 2.24) is 4.90 Å². The molecular weight excluding hydrogens is 294 g/mol. The average Bonchev–Trinajstić information content (AvgIpc) is 2.54. The van der Waals surface area contributed by atoms with E-state index in [0.717, 1.165) is 12.0 Å². The zero-order valence-corrected chi connectivity index (χ0v) is 13.7. The molecule has 1 aromatic carbocycles. The summed E-state index contributed by atoms with van der Waals surface area (Å²) in [5, 5.41) is 11.9. The molecule has 1 amide bonds. The molecule has 2 rings (SSSR count). The number of hydrogen-bond donors (Lipinski definition) is 3. The maximum absolute atomic E-state index is 12.4. The van der Waals surface area contributed by atoms with Gasteiger partial charge in [-0.2, -0.15) is 0 Å². The maximum Gasteiger partial charge on any atom is 0.306 e. The van der Waals surface area contributed by atoms with Crippen molar-refractivity contribution in [1.29, 1.82) is 0 Å². The number of hydrogen-bond acceptors (Lipinski definition) is 4. The van der Waals surface area contributed by atoms with Crippen LogP contribution in [0.5, 0.6) is 0 Å². The van der Waals surface area contributed by atoms with E-state index in [0.29, 0.717) is 37.3 Å². The van der Waals surface area contributed by atoms with Crippen molar-refractivity contribution in [3.05, 3.63) is 23.8 Å². The highest BCUT2D eigenvalue weighted by molar-refractivity contribution is 5.95. The molecule has 0 spiro atoms. The van der Waals surface area contributed by atoms with E-state index >= 15 is 0 Å². The number of aliphatic carboxylic acids is 1. The molecule has 126 valence electrons. The van der Waals surface area contributed by atoms with Crippen molar-refractivity contribution >= 4 is 23.3 Å². The van der Waals surface area contributed by atoms with Gasteiger partial charge in [0.25, 0.3) is 0 Å². The fraction of sp³-hybridized carbons (Fsp3) is 0.529. The summed E-state index contributed by atoms with van der Waals surface area (Å²) in [4.78, 5) is 25.4. The Balaban J connectivity index is 1.93. The molecule has 1 saturated heterocycles. The number of amides is 1. The van der Waals surface area contributed by atoms with Crippen LogP contribution in [0, 0.1) is 5.92 Å².